The molecule has 0 radical (unpaired) electrons. The third kappa shape index (κ3) is 4.26. The number of nitrogens with zero attached hydrogens (tertiary/aromatic N) is 3. The standard InChI is InChI=1S/C23H31N3O5/c1-15(2)22-24-21(25-31-22)18-13-26(14-23(18)7-9-30-10-8-23)20(27)12-16-11-17(28-3)5-6-19(16)29-4/h5-6,11,15,18H,7-10,12-14H2,1-4H3. The van der Waals surface area contributed by atoms with E-state index >= 15 is 0 Å². The molecule has 1 amide bonds. The molecule has 1 unspecified atom stereocenters. The van der Waals surface area contributed by atoms with Crippen molar-refractivity contribution >= 4 is 5.91 Å². The monoisotopic (exact) mass is 429 g/mol. The molecule has 1 atom stereocenters. The molecule has 0 aliphatic carbocycles. The Labute approximate surface area is 182 Å². The van der Waals surface area contributed by atoms with Crippen molar-refractivity contribution in [2.75, 3.05) is 40.5 Å². The van der Waals surface area contributed by atoms with Crippen molar-refractivity contribution in [3.63, 3.8) is 0 Å². The first-order valence-electron chi connectivity index (χ1n) is 10.9. The smallest absolute Gasteiger partial charge is 0.229 e. The van der Waals surface area contributed by atoms with Crippen LogP contribution in [0.25, 0.3) is 0 Å². The summed E-state index contributed by atoms with van der Waals surface area (Å²) in [4.78, 5) is 20.0. The maximum Gasteiger partial charge on any atom is 0.229 e. The minimum absolute atomic E-state index is 0.0452. The SMILES string of the molecule is COc1ccc(OC)c(CC(=O)N2CC(c3noc(C(C)C)n3)C3(CCOCC3)C2)c1. The molecule has 0 N–H and O–H groups in total. The zero-order chi connectivity index (χ0) is 22.0. The summed E-state index contributed by atoms with van der Waals surface area (Å²) in [5.41, 5.74) is 0.739. The summed E-state index contributed by atoms with van der Waals surface area (Å²) in [5, 5.41) is 4.30. The fourth-order valence-electron chi connectivity index (χ4n) is 4.72. The lowest BCUT2D eigenvalue weighted by molar-refractivity contribution is -0.130. The Morgan fingerprint density at radius 1 is 1.26 bits per heavy atom. The molecular weight excluding hydrogens is 398 g/mol. The highest BCUT2D eigenvalue weighted by Gasteiger charge is 2.51. The minimum Gasteiger partial charge on any atom is -0.497 e. The lowest BCUT2D eigenvalue weighted by Gasteiger charge is -2.36. The van der Waals surface area contributed by atoms with Crippen LogP contribution in [0.1, 0.15) is 55.8 Å². The van der Waals surface area contributed by atoms with Gasteiger partial charge in [0.25, 0.3) is 0 Å². The number of amides is 1. The second-order valence-corrected chi connectivity index (χ2v) is 8.80. The molecule has 1 aromatic heterocycles. The maximum atomic E-state index is 13.3. The predicted octanol–water partition coefficient (Wildman–Crippen LogP) is 3.18. The van der Waals surface area contributed by atoms with Crippen molar-refractivity contribution in [3.05, 3.63) is 35.5 Å². The van der Waals surface area contributed by atoms with Crippen LogP contribution in [0, 0.1) is 5.41 Å². The van der Waals surface area contributed by atoms with Crippen LogP contribution < -0.4 is 9.47 Å². The van der Waals surface area contributed by atoms with Crippen LogP contribution in [0.2, 0.25) is 0 Å². The normalized spacial score (nSPS) is 20.4. The van der Waals surface area contributed by atoms with Crippen LogP contribution in [0.5, 0.6) is 11.5 Å². The summed E-state index contributed by atoms with van der Waals surface area (Å²) in [6, 6.07) is 5.53. The number of rotatable bonds is 6. The average Bonchev–Trinajstić information content (AvgIpc) is 3.40. The van der Waals surface area contributed by atoms with E-state index in [0.717, 1.165) is 18.4 Å². The summed E-state index contributed by atoms with van der Waals surface area (Å²) >= 11 is 0. The highest BCUT2D eigenvalue weighted by molar-refractivity contribution is 5.80. The molecule has 2 saturated heterocycles. The minimum atomic E-state index is -0.0789. The zero-order valence-electron chi connectivity index (χ0n) is 18.7. The lowest BCUT2D eigenvalue weighted by atomic mass is 9.72. The Bertz CT molecular complexity index is 920. The number of aromatic nitrogens is 2. The Morgan fingerprint density at radius 3 is 2.68 bits per heavy atom. The number of methoxy groups -OCH3 is 2. The summed E-state index contributed by atoms with van der Waals surface area (Å²) in [6.07, 6.45) is 2.02. The van der Waals surface area contributed by atoms with Crippen LogP contribution in [0.3, 0.4) is 0 Å². The van der Waals surface area contributed by atoms with E-state index in [9.17, 15) is 4.79 Å². The molecule has 2 aliphatic rings. The van der Waals surface area contributed by atoms with Gasteiger partial charge in [0.15, 0.2) is 5.82 Å². The van der Waals surface area contributed by atoms with Crippen LogP contribution in [-0.4, -0.2) is 61.5 Å². The third-order valence-corrected chi connectivity index (χ3v) is 6.58. The molecule has 3 heterocycles. The van der Waals surface area contributed by atoms with Crippen LogP contribution >= 0.6 is 0 Å². The van der Waals surface area contributed by atoms with Crippen molar-refractivity contribution in [2.24, 2.45) is 5.41 Å². The molecule has 168 valence electrons. The number of carbonyl (C=O) groups is 1. The van der Waals surface area contributed by atoms with Gasteiger partial charge in [-0.25, -0.2) is 0 Å². The number of likely N-dealkylation sites (tertiary alicyclic amines) is 1. The lowest BCUT2D eigenvalue weighted by Crippen LogP contribution is -2.37. The van der Waals surface area contributed by atoms with Crippen molar-refractivity contribution < 1.29 is 23.5 Å². The Kier molecular flexibility index (Phi) is 6.18. The average molecular weight is 430 g/mol. The van der Waals surface area contributed by atoms with E-state index in [1.54, 1.807) is 14.2 Å². The van der Waals surface area contributed by atoms with Crippen molar-refractivity contribution in [3.8, 4) is 11.5 Å². The van der Waals surface area contributed by atoms with Crippen LogP contribution in [0.15, 0.2) is 22.7 Å². The molecular formula is C23H31N3O5. The van der Waals surface area contributed by atoms with Gasteiger partial charge in [0.05, 0.1) is 20.6 Å². The molecule has 0 saturated carbocycles. The molecule has 0 bridgehead atoms. The highest BCUT2D eigenvalue weighted by atomic mass is 16.5. The van der Waals surface area contributed by atoms with Gasteiger partial charge in [0, 0.05) is 49.1 Å². The van der Waals surface area contributed by atoms with Gasteiger partial charge in [-0.1, -0.05) is 19.0 Å². The zero-order valence-corrected chi connectivity index (χ0v) is 18.7. The van der Waals surface area contributed by atoms with Gasteiger partial charge in [-0.3, -0.25) is 4.79 Å². The molecule has 31 heavy (non-hydrogen) atoms. The van der Waals surface area contributed by atoms with E-state index < -0.39 is 0 Å². The predicted molar refractivity (Wildman–Crippen MR) is 113 cm³/mol. The van der Waals surface area contributed by atoms with E-state index in [4.69, 9.17) is 18.7 Å². The van der Waals surface area contributed by atoms with Crippen molar-refractivity contribution in [1.29, 1.82) is 0 Å². The Hall–Kier alpha value is -2.61. The maximum absolute atomic E-state index is 13.3. The second kappa shape index (κ2) is 8.86. The number of hydrogen-bond donors (Lipinski definition) is 0. The molecule has 8 nitrogen and oxygen atoms in total. The molecule has 1 spiro atoms. The Balaban J connectivity index is 1.57. The molecule has 2 fully saturated rings. The first kappa shape index (κ1) is 21.6. The largest absolute Gasteiger partial charge is 0.497 e. The summed E-state index contributed by atoms with van der Waals surface area (Å²) in [6.45, 7) is 6.72. The second-order valence-electron chi connectivity index (χ2n) is 8.80. The highest BCUT2D eigenvalue weighted by Crippen LogP contribution is 2.49. The Morgan fingerprint density at radius 2 is 2.03 bits per heavy atom. The summed E-state index contributed by atoms with van der Waals surface area (Å²) in [7, 11) is 3.23. The van der Waals surface area contributed by atoms with E-state index in [0.29, 0.717) is 49.5 Å². The quantitative estimate of drug-likeness (QED) is 0.697. The van der Waals surface area contributed by atoms with Gasteiger partial charge in [0.2, 0.25) is 11.8 Å². The molecule has 4 rings (SSSR count). The van der Waals surface area contributed by atoms with Crippen LogP contribution in [0.4, 0.5) is 0 Å². The number of carbonyl (C=O) groups excluding carboxylic acids is 1. The molecule has 2 aliphatic heterocycles. The number of hydrogen-bond acceptors (Lipinski definition) is 7. The molecule has 1 aromatic carbocycles. The van der Waals surface area contributed by atoms with E-state index in [1.807, 2.05) is 36.9 Å². The third-order valence-electron chi connectivity index (χ3n) is 6.58. The van der Waals surface area contributed by atoms with Gasteiger partial charge >= 0.3 is 0 Å². The number of ether oxygens (including phenoxy) is 3. The van der Waals surface area contributed by atoms with Gasteiger partial charge in [-0.15, -0.1) is 0 Å². The summed E-state index contributed by atoms with van der Waals surface area (Å²) in [5.74, 6) is 3.02. The fraction of sp³-hybridized carbons (Fsp3) is 0.609. The van der Waals surface area contributed by atoms with E-state index in [1.165, 1.54) is 0 Å². The first-order chi connectivity index (χ1) is 15.0. The van der Waals surface area contributed by atoms with Crippen LogP contribution in [-0.2, 0) is 16.0 Å². The van der Waals surface area contributed by atoms with Gasteiger partial charge in [-0.2, -0.15) is 4.98 Å². The fourth-order valence-corrected chi connectivity index (χ4v) is 4.72. The summed E-state index contributed by atoms with van der Waals surface area (Å²) < 4.78 is 21.9. The van der Waals surface area contributed by atoms with Gasteiger partial charge in [0.1, 0.15) is 11.5 Å². The van der Waals surface area contributed by atoms with Crippen molar-refractivity contribution in [2.45, 2.75) is 44.9 Å². The number of benzene rings is 1. The molecule has 8 heteroatoms. The van der Waals surface area contributed by atoms with E-state index in [2.05, 4.69) is 10.1 Å². The first-order valence-corrected chi connectivity index (χ1v) is 10.9. The molecule has 2 aromatic rings. The van der Waals surface area contributed by atoms with E-state index in [-0.39, 0.29) is 29.6 Å². The van der Waals surface area contributed by atoms with Gasteiger partial charge < -0.3 is 23.6 Å². The topological polar surface area (TPSA) is 86.9 Å². The van der Waals surface area contributed by atoms with Gasteiger partial charge in [-0.05, 0) is 31.0 Å². The van der Waals surface area contributed by atoms with Crippen molar-refractivity contribution in [1.82, 2.24) is 15.0 Å².